The van der Waals surface area contributed by atoms with E-state index >= 15 is 0 Å². The number of aryl methyl sites for hydroxylation is 2. The maximum absolute atomic E-state index is 5.49. The summed E-state index contributed by atoms with van der Waals surface area (Å²) in [7, 11) is 0. The van der Waals surface area contributed by atoms with Crippen molar-refractivity contribution in [3.8, 4) is 11.6 Å². The number of fused-ring (bicyclic) bond motifs is 1. The van der Waals surface area contributed by atoms with Crippen molar-refractivity contribution >= 4 is 5.65 Å². The molecule has 0 aromatic carbocycles. The number of aromatic nitrogens is 3. The summed E-state index contributed by atoms with van der Waals surface area (Å²) in [5.41, 5.74) is 2.01. The summed E-state index contributed by atoms with van der Waals surface area (Å²) in [4.78, 5) is 4.42. The van der Waals surface area contributed by atoms with Crippen LogP contribution in [0.2, 0.25) is 0 Å². The number of nitrogens with zero attached hydrogens (tertiary/aromatic N) is 3. The molecule has 0 radical (unpaired) electrons. The van der Waals surface area contributed by atoms with Crippen LogP contribution < -0.4 is 0 Å². The third-order valence-corrected chi connectivity index (χ3v) is 2.45. The van der Waals surface area contributed by atoms with Crippen LogP contribution in [0.5, 0.6) is 0 Å². The van der Waals surface area contributed by atoms with E-state index in [1.54, 1.807) is 4.52 Å². The molecule has 16 heavy (non-hydrogen) atoms. The zero-order valence-corrected chi connectivity index (χ0v) is 9.14. The summed E-state index contributed by atoms with van der Waals surface area (Å²) in [6.45, 7) is 3.94. The van der Waals surface area contributed by atoms with Crippen molar-refractivity contribution in [1.82, 2.24) is 14.6 Å². The molecule has 0 atom stereocenters. The third-order valence-electron chi connectivity index (χ3n) is 2.45. The highest BCUT2D eigenvalue weighted by molar-refractivity contribution is 5.53. The molecule has 0 amide bonds. The fraction of sp³-hybridized carbons (Fsp3) is 0.167. The zero-order valence-electron chi connectivity index (χ0n) is 9.14. The lowest BCUT2D eigenvalue weighted by atomic mass is 10.3. The molecule has 3 heterocycles. The van der Waals surface area contributed by atoms with Crippen LogP contribution in [0.25, 0.3) is 17.2 Å². The molecular weight excluding hydrogens is 202 g/mol. The normalized spacial score (nSPS) is 11.1. The predicted molar refractivity (Wildman–Crippen MR) is 60.2 cm³/mol. The van der Waals surface area contributed by atoms with Crippen LogP contribution in [0.4, 0.5) is 0 Å². The molecule has 0 fully saturated rings. The lowest BCUT2D eigenvalue weighted by Crippen LogP contribution is -1.86. The molecule has 0 aliphatic heterocycles. The molecule has 0 aliphatic carbocycles. The second-order valence-corrected chi connectivity index (χ2v) is 3.85. The molecule has 3 rings (SSSR count). The van der Waals surface area contributed by atoms with Crippen molar-refractivity contribution in [2.24, 2.45) is 0 Å². The summed E-state index contributed by atoms with van der Waals surface area (Å²) in [5.74, 6) is 2.20. The van der Waals surface area contributed by atoms with E-state index in [0.29, 0.717) is 11.6 Å². The van der Waals surface area contributed by atoms with Gasteiger partial charge in [-0.15, -0.1) is 5.10 Å². The van der Waals surface area contributed by atoms with Crippen molar-refractivity contribution in [2.45, 2.75) is 13.8 Å². The first kappa shape index (κ1) is 9.15. The summed E-state index contributed by atoms with van der Waals surface area (Å²) in [5, 5.41) is 4.35. The summed E-state index contributed by atoms with van der Waals surface area (Å²) < 4.78 is 7.24. The monoisotopic (exact) mass is 213 g/mol. The van der Waals surface area contributed by atoms with Gasteiger partial charge in [-0.25, -0.2) is 9.50 Å². The highest BCUT2D eigenvalue weighted by Gasteiger charge is 2.09. The van der Waals surface area contributed by atoms with Gasteiger partial charge in [-0.3, -0.25) is 0 Å². The van der Waals surface area contributed by atoms with Crippen molar-refractivity contribution in [3.63, 3.8) is 0 Å². The van der Waals surface area contributed by atoms with Crippen molar-refractivity contribution in [3.05, 3.63) is 41.8 Å². The van der Waals surface area contributed by atoms with Gasteiger partial charge in [0.1, 0.15) is 5.76 Å². The lowest BCUT2D eigenvalue weighted by molar-refractivity contribution is 0.544. The Hall–Kier alpha value is -2.10. The Labute approximate surface area is 92.5 Å². The minimum absolute atomic E-state index is 0.624. The summed E-state index contributed by atoms with van der Waals surface area (Å²) in [6.07, 6.45) is 1.90. The van der Waals surface area contributed by atoms with Gasteiger partial charge in [-0.2, -0.15) is 0 Å². The Balaban J connectivity index is 2.18. The first-order valence-corrected chi connectivity index (χ1v) is 5.12. The molecule has 0 N–H and O–H groups in total. The van der Waals surface area contributed by atoms with E-state index in [9.17, 15) is 0 Å². The predicted octanol–water partition coefficient (Wildman–Crippen LogP) is 2.61. The van der Waals surface area contributed by atoms with Gasteiger partial charge in [-0.1, -0.05) is 0 Å². The van der Waals surface area contributed by atoms with Gasteiger partial charge in [0, 0.05) is 6.20 Å². The molecule has 0 saturated carbocycles. The van der Waals surface area contributed by atoms with Gasteiger partial charge in [0.25, 0.3) is 0 Å². The molecule has 4 nitrogen and oxygen atoms in total. The molecule has 3 aromatic heterocycles. The molecule has 0 saturated heterocycles. The second-order valence-electron chi connectivity index (χ2n) is 3.85. The Morgan fingerprint density at radius 2 is 2.06 bits per heavy atom. The largest absolute Gasteiger partial charge is 0.458 e. The van der Waals surface area contributed by atoms with Crippen molar-refractivity contribution in [2.75, 3.05) is 0 Å². The number of rotatable bonds is 1. The number of hydrogen-bond acceptors (Lipinski definition) is 3. The highest BCUT2D eigenvalue weighted by atomic mass is 16.3. The van der Waals surface area contributed by atoms with Crippen LogP contribution >= 0.6 is 0 Å². The average Bonchev–Trinajstić information content (AvgIpc) is 2.83. The Morgan fingerprint density at radius 1 is 1.19 bits per heavy atom. The van der Waals surface area contributed by atoms with E-state index in [2.05, 4.69) is 10.1 Å². The van der Waals surface area contributed by atoms with Crippen LogP contribution in [0.15, 0.2) is 34.9 Å². The van der Waals surface area contributed by atoms with Gasteiger partial charge >= 0.3 is 0 Å². The van der Waals surface area contributed by atoms with E-state index in [1.807, 2.05) is 44.3 Å². The Morgan fingerprint density at radius 3 is 2.81 bits per heavy atom. The van der Waals surface area contributed by atoms with E-state index < -0.39 is 0 Å². The Kier molecular flexibility index (Phi) is 1.83. The molecule has 80 valence electrons. The zero-order chi connectivity index (χ0) is 11.1. The standard InChI is InChI=1S/C12H11N3O/c1-8-5-6-15-11(7-8)13-12(14-15)10-4-3-9(2)16-10/h3-7H,1-2H3. The molecule has 4 heteroatoms. The van der Waals surface area contributed by atoms with Gasteiger partial charge in [0.15, 0.2) is 11.4 Å². The molecule has 0 spiro atoms. The van der Waals surface area contributed by atoms with E-state index in [-0.39, 0.29) is 0 Å². The van der Waals surface area contributed by atoms with Crippen LogP contribution in [-0.4, -0.2) is 14.6 Å². The summed E-state index contributed by atoms with van der Waals surface area (Å²) in [6, 6.07) is 7.79. The topological polar surface area (TPSA) is 43.3 Å². The molecule has 3 aromatic rings. The Bertz CT molecular complexity index is 651. The fourth-order valence-corrected chi connectivity index (χ4v) is 1.64. The molecule has 0 unspecified atom stereocenters. The first-order chi connectivity index (χ1) is 7.72. The van der Waals surface area contributed by atoms with Crippen LogP contribution in [0, 0.1) is 13.8 Å². The quantitative estimate of drug-likeness (QED) is 0.624. The number of furan rings is 1. The SMILES string of the molecule is Cc1ccn2nc(-c3ccc(C)o3)nc2c1. The molecular formula is C12H11N3O. The minimum Gasteiger partial charge on any atom is -0.458 e. The van der Waals surface area contributed by atoms with E-state index in [4.69, 9.17) is 4.42 Å². The van der Waals surface area contributed by atoms with Gasteiger partial charge in [0.2, 0.25) is 5.82 Å². The minimum atomic E-state index is 0.624. The second kappa shape index (κ2) is 3.20. The van der Waals surface area contributed by atoms with Crippen molar-refractivity contribution < 1.29 is 4.42 Å². The van der Waals surface area contributed by atoms with Crippen LogP contribution in [0.3, 0.4) is 0 Å². The highest BCUT2D eigenvalue weighted by Crippen LogP contribution is 2.19. The fourth-order valence-electron chi connectivity index (χ4n) is 1.64. The smallest absolute Gasteiger partial charge is 0.217 e. The van der Waals surface area contributed by atoms with Gasteiger partial charge in [0.05, 0.1) is 0 Å². The lowest BCUT2D eigenvalue weighted by Gasteiger charge is -1.90. The summed E-state index contributed by atoms with van der Waals surface area (Å²) >= 11 is 0. The third kappa shape index (κ3) is 1.39. The first-order valence-electron chi connectivity index (χ1n) is 5.12. The van der Waals surface area contributed by atoms with Gasteiger partial charge in [-0.05, 0) is 43.7 Å². The maximum atomic E-state index is 5.49. The number of hydrogen-bond donors (Lipinski definition) is 0. The number of pyridine rings is 1. The van der Waals surface area contributed by atoms with E-state index in [0.717, 1.165) is 11.4 Å². The average molecular weight is 213 g/mol. The van der Waals surface area contributed by atoms with Crippen LogP contribution in [0.1, 0.15) is 11.3 Å². The van der Waals surface area contributed by atoms with Crippen LogP contribution in [-0.2, 0) is 0 Å². The van der Waals surface area contributed by atoms with E-state index in [1.165, 1.54) is 5.56 Å². The molecule has 0 bridgehead atoms. The maximum Gasteiger partial charge on any atom is 0.217 e. The van der Waals surface area contributed by atoms with Crippen molar-refractivity contribution in [1.29, 1.82) is 0 Å². The molecule has 0 aliphatic rings. The van der Waals surface area contributed by atoms with Gasteiger partial charge < -0.3 is 4.42 Å².